The Morgan fingerprint density at radius 1 is 1.22 bits per heavy atom. The van der Waals surface area contributed by atoms with E-state index in [0.29, 0.717) is 11.3 Å². The summed E-state index contributed by atoms with van der Waals surface area (Å²) in [6.07, 6.45) is -0.140. The maximum absolute atomic E-state index is 12.4. The number of rotatable bonds is 5. The van der Waals surface area contributed by atoms with E-state index in [4.69, 9.17) is 5.11 Å². The van der Waals surface area contributed by atoms with Crippen molar-refractivity contribution in [3.05, 3.63) is 29.8 Å². The van der Waals surface area contributed by atoms with Gasteiger partial charge in [0.15, 0.2) is 0 Å². The number of benzene rings is 1. The summed E-state index contributed by atoms with van der Waals surface area (Å²) in [5, 5.41) is 13.6. The number of carbonyl (C=O) groups is 3. The van der Waals surface area contributed by atoms with Crippen molar-refractivity contribution in [2.45, 2.75) is 6.42 Å². The number of nitrogens with one attached hydrogen (secondary N) is 2. The van der Waals surface area contributed by atoms with Crippen LogP contribution in [0.15, 0.2) is 24.3 Å². The molecule has 0 bridgehead atoms. The van der Waals surface area contributed by atoms with Gasteiger partial charge < -0.3 is 20.6 Å². The van der Waals surface area contributed by atoms with E-state index in [1.165, 1.54) is 0 Å². The molecule has 0 aliphatic carbocycles. The van der Waals surface area contributed by atoms with Crippen LogP contribution in [0.2, 0.25) is 0 Å². The highest BCUT2D eigenvalue weighted by molar-refractivity contribution is 7.99. The molecule has 8 heteroatoms. The maximum atomic E-state index is 12.4. The number of carboxylic acids is 1. The van der Waals surface area contributed by atoms with E-state index in [9.17, 15) is 14.4 Å². The molecule has 1 fully saturated rings. The minimum Gasteiger partial charge on any atom is -0.481 e. The molecule has 0 unspecified atom stereocenters. The van der Waals surface area contributed by atoms with E-state index in [1.54, 1.807) is 24.3 Å². The monoisotopic (exact) mass is 337 g/mol. The Hall–Kier alpha value is -2.22. The highest BCUT2D eigenvalue weighted by Crippen LogP contribution is 2.16. The van der Waals surface area contributed by atoms with Gasteiger partial charge in [-0.25, -0.2) is 4.79 Å². The van der Waals surface area contributed by atoms with Crippen LogP contribution in [0.1, 0.15) is 16.8 Å². The highest BCUT2D eigenvalue weighted by atomic mass is 32.2. The molecular weight excluding hydrogens is 318 g/mol. The van der Waals surface area contributed by atoms with Crippen molar-refractivity contribution >= 4 is 35.4 Å². The van der Waals surface area contributed by atoms with E-state index in [0.717, 1.165) is 24.6 Å². The normalized spacial score (nSPS) is 14.2. The first kappa shape index (κ1) is 17.1. The number of aliphatic carboxylic acids is 1. The predicted octanol–water partition coefficient (Wildman–Crippen LogP) is 1.47. The Bertz CT molecular complexity index is 588. The van der Waals surface area contributed by atoms with Crippen molar-refractivity contribution in [2.75, 3.05) is 36.5 Å². The molecular formula is C15H19N3O4S. The average molecular weight is 337 g/mol. The zero-order chi connectivity index (χ0) is 16.7. The number of anilines is 1. The Kier molecular flexibility index (Phi) is 6.28. The van der Waals surface area contributed by atoms with E-state index < -0.39 is 12.0 Å². The molecule has 0 saturated carbocycles. The zero-order valence-electron chi connectivity index (χ0n) is 12.6. The summed E-state index contributed by atoms with van der Waals surface area (Å²) in [6, 6.07) is 6.24. The smallest absolute Gasteiger partial charge is 0.319 e. The first-order chi connectivity index (χ1) is 11.1. The Labute approximate surface area is 138 Å². The van der Waals surface area contributed by atoms with Crippen molar-refractivity contribution in [3.63, 3.8) is 0 Å². The van der Waals surface area contributed by atoms with Gasteiger partial charge in [-0.05, 0) is 18.2 Å². The lowest BCUT2D eigenvalue weighted by Gasteiger charge is -2.26. The van der Waals surface area contributed by atoms with E-state index in [-0.39, 0.29) is 18.9 Å². The van der Waals surface area contributed by atoms with Gasteiger partial charge in [-0.2, -0.15) is 11.8 Å². The van der Waals surface area contributed by atoms with Crippen molar-refractivity contribution in [1.82, 2.24) is 10.2 Å². The minimum absolute atomic E-state index is 0.0414. The first-order valence-electron chi connectivity index (χ1n) is 7.30. The number of hydrogen-bond donors (Lipinski definition) is 3. The summed E-state index contributed by atoms with van der Waals surface area (Å²) in [6.45, 7) is 1.51. The second-order valence-electron chi connectivity index (χ2n) is 5.01. The third-order valence-corrected chi connectivity index (χ3v) is 4.23. The molecule has 0 spiro atoms. The minimum atomic E-state index is -0.974. The third-order valence-electron chi connectivity index (χ3n) is 3.29. The Morgan fingerprint density at radius 2 is 1.96 bits per heavy atom. The number of amides is 3. The second kappa shape index (κ2) is 8.42. The third kappa shape index (κ3) is 5.48. The van der Waals surface area contributed by atoms with Crippen LogP contribution in [0.4, 0.5) is 10.5 Å². The van der Waals surface area contributed by atoms with Gasteiger partial charge in [0.05, 0.1) is 6.42 Å². The molecule has 7 nitrogen and oxygen atoms in total. The number of hydrogen-bond acceptors (Lipinski definition) is 4. The van der Waals surface area contributed by atoms with Crippen LogP contribution in [-0.2, 0) is 4.79 Å². The average Bonchev–Trinajstić information content (AvgIpc) is 2.55. The fourth-order valence-electron chi connectivity index (χ4n) is 2.14. The van der Waals surface area contributed by atoms with Crippen LogP contribution >= 0.6 is 11.8 Å². The lowest BCUT2D eigenvalue weighted by Crippen LogP contribution is -2.38. The second-order valence-corrected chi connectivity index (χ2v) is 6.23. The van der Waals surface area contributed by atoms with E-state index >= 15 is 0 Å². The van der Waals surface area contributed by atoms with Crippen LogP contribution in [0, 0.1) is 0 Å². The van der Waals surface area contributed by atoms with Gasteiger partial charge in [-0.1, -0.05) is 6.07 Å². The first-order valence-corrected chi connectivity index (χ1v) is 8.45. The Morgan fingerprint density at radius 3 is 2.65 bits per heavy atom. The molecule has 1 heterocycles. The number of urea groups is 1. The lowest BCUT2D eigenvalue weighted by atomic mass is 10.1. The van der Waals surface area contributed by atoms with Crippen molar-refractivity contribution in [3.8, 4) is 0 Å². The van der Waals surface area contributed by atoms with Crippen LogP contribution < -0.4 is 10.6 Å². The molecule has 1 aliphatic heterocycles. The van der Waals surface area contributed by atoms with Crippen LogP contribution in [0.5, 0.6) is 0 Å². The summed E-state index contributed by atoms with van der Waals surface area (Å²) in [7, 11) is 0. The zero-order valence-corrected chi connectivity index (χ0v) is 13.4. The van der Waals surface area contributed by atoms with Crippen LogP contribution in [0.3, 0.4) is 0 Å². The standard InChI is InChI=1S/C15H19N3O4S/c19-13(20)4-5-16-15(22)17-12-3-1-2-11(10-12)14(21)18-6-8-23-9-7-18/h1-3,10H,4-9H2,(H,19,20)(H2,16,17,22). The molecule has 1 aromatic carbocycles. The lowest BCUT2D eigenvalue weighted by molar-refractivity contribution is -0.136. The number of carboxylic acid groups (broad SMARTS) is 1. The van der Waals surface area contributed by atoms with Gasteiger partial charge in [0.1, 0.15) is 0 Å². The van der Waals surface area contributed by atoms with Gasteiger partial charge in [-0.15, -0.1) is 0 Å². The topological polar surface area (TPSA) is 98.7 Å². The summed E-state index contributed by atoms with van der Waals surface area (Å²) in [5.41, 5.74) is 1.02. The Balaban J connectivity index is 1.92. The van der Waals surface area contributed by atoms with Gasteiger partial charge in [0.2, 0.25) is 0 Å². The van der Waals surface area contributed by atoms with E-state index in [2.05, 4.69) is 10.6 Å². The van der Waals surface area contributed by atoms with Crippen LogP contribution in [-0.4, -0.2) is 59.1 Å². The largest absolute Gasteiger partial charge is 0.481 e. The molecule has 23 heavy (non-hydrogen) atoms. The van der Waals surface area contributed by atoms with Crippen molar-refractivity contribution in [2.24, 2.45) is 0 Å². The van der Waals surface area contributed by atoms with Crippen molar-refractivity contribution in [1.29, 1.82) is 0 Å². The molecule has 0 radical (unpaired) electrons. The molecule has 124 valence electrons. The highest BCUT2D eigenvalue weighted by Gasteiger charge is 2.18. The van der Waals surface area contributed by atoms with Crippen LogP contribution in [0.25, 0.3) is 0 Å². The molecule has 1 aromatic rings. The van der Waals surface area contributed by atoms with Gasteiger partial charge >= 0.3 is 12.0 Å². The molecule has 0 aromatic heterocycles. The molecule has 3 amide bonds. The number of carbonyl (C=O) groups excluding carboxylic acids is 2. The quantitative estimate of drug-likeness (QED) is 0.756. The van der Waals surface area contributed by atoms with Gasteiger partial charge in [-0.3, -0.25) is 9.59 Å². The summed E-state index contributed by atoms with van der Waals surface area (Å²) in [5.74, 6) is 0.864. The molecule has 2 rings (SSSR count). The maximum Gasteiger partial charge on any atom is 0.319 e. The SMILES string of the molecule is O=C(O)CCNC(=O)Nc1cccc(C(=O)N2CCSCC2)c1. The summed E-state index contributed by atoms with van der Waals surface area (Å²) in [4.78, 5) is 36.3. The number of thioether (sulfide) groups is 1. The van der Waals surface area contributed by atoms with Gasteiger partial charge in [0.25, 0.3) is 5.91 Å². The molecule has 1 saturated heterocycles. The molecule has 1 aliphatic rings. The van der Waals surface area contributed by atoms with Gasteiger partial charge in [0, 0.05) is 42.4 Å². The fourth-order valence-corrected chi connectivity index (χ4v) is 3.04. The predicted molar refractivity (Wildman–Crippen MR) is 88.9 cm³/mol. The fraction of sp³-hybridized carbons (Fsp3) is 0.400. The summed E-state index contributed by atoms with van der Waals surface area (Å²) >= 11 is 1.83. The van der Waals surface area contributed by atoms with E-state index in [1.807, 2.05) is 16.7 Å². The summed E-state index contributed by atoms with van der Waals surface area (Å²) < 4.78 is 0. The molecule has 0 atom stereocenters. The number of nitrogens with zero attached hydrogens (tertiary/aromatic N) is 1. The van der Waals surface area contributed by atoms with Crippen molar-refractivity contribution < 1.29 is 19.5 Å². The molecule has 3 N–H and O–H groups in total.